The number of nitrogens with two attached hydrogens (primary N) is 1. The van der Waals surface area contributed by atoms with Crippen molar-refractivity contribution in [1.82, 2.24) is 5.43 Å². The number of hydrazone groups is 1. The number of nitrogens with one attached hydrogen (secondary N) is 1. The lowest BCUT2D eigenvalue weighted by Crippen LogP contribution is -2.20. The minimum Gasteiger partial charge on any atom is -0.382 e. The number of hydrogen-bond donors (Lipinski definition) is 2. The summed E-state index contributed by atoms with van der Waals surface area (Å²) in [7, 11) is 0. The van der Waals surface area contributed by atoms with Crippen LogP contribution in [0.3, 0.4) is 0 Å². The molecule has 3 nitrogen and oxygen atoms in total. The predicted molar refractivity (Wildman–Crippen MR) is 65.1 cm³/mol. The van der Waals surface area contributed by atoms with Gasteiger partial charge in [-0.25, -0.2) is 0 Å². The fourth-order valence-corrected chi connectivity index (χ4v) is 1.35. The van der Waals surface area contributed by atoms with Crippen LogP contribution in [0.1, 0.15) is 23.6 Å². The lowest BCUT2D eigenvalue weighted by Gasteiger charge is -2.13. The summed E-state index contributed by atoms with van der Waals surface area (Å²) < 4.78 is 75.8. The molecule has 0 saturated heterocycles. The first-order valence-corrected chi connectivity index (χ1v) is 5.55. The topological polar surface area (TPSA) is 50.4 Å². The molecule has 0 atom stereocenters. The zero-order chi connectivity index (χ0) is 16.3. The number of benzene rings is 1. The maximum atomic E-state index is 12.6. The second kappa shape index (κ2) is 6.06. The number of halogens is 6. The minimum absolute atomic E-state index is 0.0240. The van der Waals surface area contributed by atoms with Crippen molar-refractivity contribution in [1.29, 1.82) is 0 Å². The fourth-order valence-electron chi connectivity index (χ4n) is 1.35. The van der Waals surface area contributed by atoms with E-state index in [0.717, 1.165) is 0 Å². The van der Waals surface area contributed by atoms with Gasteiger partial charge in [-0.15, -0.1) is 0 Å². The van der Waals surface area contributed by atoms with Crippen LogP contribution in [0.4, 0.5) is 26.3 Å². The molecule has 0 aliphatic heterocycles. The second-order valence-corrected chi connectivity index (χ2v) is 3.92. The summed E-state index contributed by atoms with van der Waals surface area (Å²) >= 11 is 0. The number of hydrogen-bond acceptors (Lipinski definition) is 2. The van der Waals surface area contributed by atoms with Crippen molar-refractivity contribution in [3.8, 4) is 0 Å². The Morgan fingerprint density at radius 1 is 1.05 bits per heavy atom. The van der Waals surface area contributed by atoms with Crippen molar-refractivity contribution >= 4 is 5.84 Å². The van der Waals surface area contributed by atoms with Gasteiger partial charge in [0.1, 0.15) is 0 Å². The highest BCUT2D eigenvalue weighted by molar-refractivity contribution is 5.97. The summed E-state index contributed by atoms with van der Waals surface area (Å²) in [5.74, 6) is -0.496. The lowest BCUT2D eigenvalue weighted by atomic mass is 10.0. The predicted octanol–water partition coefficient (Wildman–Crippen LogP) is 3.47. The number of allylic oxidation sites excluding steroid dienone is 1. The first kappa shape index (κ1) is 16.9. The van der Waals surface area contributed by atoms with Crippen LogP contribution in [0.15, 0.2) is 35.6 Å². The SMILES string of the molecule is C/C=C\N/N=C(\N)c1cc(C(F)(F)F)cc(C(F)(F)F)c1. The van der Waals surface area contributed by atoms with Gasteiger partial charge in [0.2, 0.25) is 0 Å². The maximum Gasteiger partial charge on any atom is 0.416 e. The Balaban J connectivity index is 3.35. The molecule has 0 aromatic heterocycles. The third-order valence-corrected chi connectivity index (χ3v) is 2.31. The number of rotatable bonds is 3. The van der Waals surface area contributed by atoms with E-state index in [1.54, 1.807) is 6.92 Å². The molecule has 0 unspecified atom stereocenters. The van der Waals surface area contributed by atoms with Crippen LogP contribution in [-0.4, -0.2) is 5.84 Å². The zero-order valence-electron chi connectivity index (χ0n) is 10.7. The Hall–Kier alpha value is -2.19. The molecule has 21 heavy (non-hydrogen) atoms. The third kappa shape index (κ3) is 4.69. The van der Waals surface area contributed by atoms with Crippen molar-refractivity contribution in [3.63, 3.8) is 0 Å². The first-order valence-electron chi connectivity index (χ1n) is 5.55. The smallest absolute Gasteiger partial charge is 0.382 e. The normalized spacial score (nSPS) is 13.8. The highest BCUT2D eigenvalue weighted by Gasteiger charge is 2.37. The van der Waals surface area contributed by atoms with Gasteiger partial charge in [-0.2, -0.15) is 31.4 Å². The summed E-state index contributed by atoms with van der Waals surface area (Å²) in [6, 6.07) is 1.03. The summed E-state index contributed by atoms with van der Waals surface area (Å²) in [6.07, 6.45) is -7.02. The van der Waals surface area contributed by atoms with Gasteiger partial charge in [0, 0.05) is 11.8 Å². The molecule has 0 fully saturated rings. The van der Waals surface area contributed by atoms with E-state index in [9.17, 15) is 26.3 Å². The Bertz CT molecular complexity index is 525. The molecule has 9 heteroatoms. The van der Waals surface area contributed by atoms with Crippen LogP contribution in [0.2, 0.25) is 0 Å². The molecule has 0 amide bonds. The van der Waals surface area contributed by atoms with E-state index in [1.165, 1.54) is 12.3 Å². The van der Waals surface area contributed by atoms with Gasteiger partial charge in [-0.05, 0) is 25.1 Å². The van der Waals surface area contributed by atoms with Gasteiger partial charge in [-0.1, -0.05) is 6.08 Å². The number of alkyl halides is 6. The molecule has 0 heterocycles. The minimum atomic E-state index is -4.92. The summed E-state index contributed by atoms with van der Waals surface area (Å²) in [4.78, 5) is 0. The van der Waals surface area contributed by atoms with Crippen molar-refractivity contribution in [3.05, 3.63) is 47.2 Å². The maximum absolute atomic E-state index is 12.6. The average molecular weight is 311 g/mol. The van der Waals surface area contributed by atoms with Crippen LogP contribution >= 0.6 is 0 Å². The standard InChI is InChI=1S/C12H11F6N3/c1-2-3-20-21-10(19)7-4-8(11(13,14)15)6-9(5-7)12(16,17)18/h2-6,20H,1H3,(H2,19,21)/b3-2-. The molecule has 0 aliphatic rings. The van der Waals surface area contributed by atoms with Crippen molar-refractivity contribution < 1.29 is 26.3 Å². The zero-order valence-corrected chi connectivity index (χ0v) is 10.7. The molecule has 0 bridgehead atoms. The first-order chi connectivity index (χ1) is 9.55. The summed E-state index contributed by atoms with van der Waals surface area (Å²) in [5, 5.41) is 3.45. The molecule has 1 rings (SSSR count). The Labute approximate surface area is 116 Å². The molecule has 1 aromatic rings. The molecule has 0 saturated carbocycles. The van der Waals surface area contributed by atoms with Crippen LogP contribution in [0, 0.1) is 0 Å². The largest absolute Gasteiger partial charge is 0.416 e. The van der Waals surface area contributed by atoms with Crippen molar-refractivity contribution in [2.45, 2.75) is 19.3 Å². The van der Waals surface area contributed by atoms with Crippen LogP contribution in [0.5, 0.6) is 0 Å². The molecule has 0 aliphatic carbocycles. The summed E-state index contributed by atoms with van der Waals surface area (Å²) in [5.41, 5.74) is 4.28. The molecule has 3 N–H and O–H groups in total. The molecule has 0 radical (unpaired) electrons. The van der Waals surface area contributed by atoms with Crippen LogP contribution in [0.25, 0.3) is 0 Å². The van der Waals surface area contributed by atoms with Gasteiger partial charge < -0.3 is 5.73 Å². The van der Waals surface area contributed by atoms with Gasteiger partial charge in [-0.3, -0.25) is 5.43 Å². The average Bonchev–Trinajstić information content (AvgIpc) is 2.36. The number of nitrogens with zero attached hydrogens (tertiary/aromatic N) is 1. The van der Waals surface area contributed by atoms with Gasteiger partial charge in [0.25, 0.3) is 0 Å². The highest BCUT2D eigenvalue weighted by Crippen LogP contribution is 2.36. The molecular formula is C12H11F6N3. The van der Waals surface area contributed by atoms with E-state index in [2.05, 4.69) is 10.5 Å². The monoisotopic (exact) mass is 311 g/mol. The van der Waals surface area contributed by atoms with Gasteiger partial charge in [0.05, 0.1) is 11.1 Å². The lowest BCUT2D eigenvalue weighted by molar-refractivity contribution is -0.143. The van der Waals surface area contributed by atoms with Gasteiger partial charge >= 0.3 is 12.4 Å². The Kier molecular flexibility index (Phi) is 4.87. The number of amidine groups is 1. The van der Waals surface area contributed by atoms with E-state index in [0.29, 0.717) is 12.1 Å². The van der Waals surface area contributed by atoms with E-state index in [1.807, 2.05) is 0 Å². The van der Waals surface area contributed by atoms with Crippen molar-refractivity contribution in [2.24, 2.45) is 10.8 Å². The van der Waals surface area contributed by atoms with E-state index in [4.69, 9.17) is 5.73 Å². The third-order valence-electron chi connectivity index (χ3n) is 2.31. The quantitative estimate of drug-likeness (QED) is 0.389. The molecular weight excluding hydrogens is 300 g/mol. The van der Waals surface area contributed by atoms with E-state index >= 15 is 0 Å². The van der Waals surface area contributed by atoms with E-state index < -0.39 is 34.9 Å². The molecule has 116 valence electrons. The Morgan fingerprint density at radius 3 is 1.90 bits per heavy atom. The highest BCUT2D eigenvalue weighted by atomic mass is 19.4. The Morgan fingerprint density at radius 2 is 1.52 bits per heavy atom. The molecule has 1 aromatic carbocycles. The van der Waals surface area contributed by atoms with Crippen LogP contribution in [-0.2, 0) is 12.4 Å². The fraction of sp³-hybridized carbons (Fsp3) is 0.250. The molecule has 0 spiro atoms. The van der Waals surface area contributed by atoms with Crippen molar-refractivity contribution in [2.75, 3.05) is 0 Å². The van der Waals surface area contributed by atoms with Crippen LogP contribution < -0.4 is 11.2 Å². The van der Waals surface area contributed by atoms with Gasteiger partial charge in [0.15, 0.2) is 5.84 Å². The second-order valence-electron chi connectivity index (χ2n) is 3.92. The van der Waals surface area contributed by atoms with E-state index in [-0.39, 0.29) is 6.07 Å². The summed E-state index contributed by atoms with van der Waals surface area (Å²) in [6.45, 7) is 1.63.